The molecule has 19 heavy (non-hydrogen) atoms. The highest BCUT2D eigenvalue weighted by atomic mass is 32.1. The van der Waals surface area contributed by atoms with Crippen LogP contribution in [0.25, 0.3) is 0 Å². The summed E-state index contributed by atoms with van der Waals surface area (Å²) >= 11 is 1.34. The first-order valence-electron chi connectivity index (χ1n) is 5.78. The molecule has 0 saturated heterocycles. The summed E-state index contributed by atoms with van der Waals surface area (Å²) in [5.41, 5.74) is 6.31. The largest absolute Gasteiger partial charge is 0.465 e. The van der Waals surface area contributed by atoms with Crippen molar-refractivity contribution in [2.75, 3.05) is 24.3 Å². The lowest BCUT2D eigenvalue weighted by Crippen LogP contribution is -2.32. The van der Waals surface area contributed by atoms with E-state index in [-0.39, 0.29) is 0 Å². The number of carbonyl (C=O) groups excluding carboxylic acids is 1. The van der Waals surface area contributed by atoms with Gasteiger partial charge in [-0.2, -0.15) is 0 Å². The van der Waals surface area contributed by atoms with Crippen molar-refractivity contribution in [3.05, 3.63) is 23.1 Å². The van der Waals surface area contributed by atoms with Crippen molar-refractivity contribution >= 4 is 28.0 Å². The Morgan fingerprint density at radius 3 is 3.16 bits per heavy atom. The predicted molar refractivity (Wildman–Crippen MR) is 71.1 cm³/mol. The van der Waals surface area contributed by atoms with Crippen LogP contribution < -0.4 is 10.6 Å². The number of carbonyl (C=O) groups is 1. The van der Waals surface area contributed by atoms with Crippen LogP contribution in [0.3, 0.4) is 0 Å². The van der Waals surface area contributed by atoms with Crippen molar-refractivity contribution in [2.24, 2.45) is 0 Å². The molecule has 0 unspecified atom stereocenters. The second kappa shape index (κ2) is 4.54. The van der Waals surface area contributed by atoms with Crippen LogP contribution in [-0.4, -0.2) is 34.4 Å². The number of fused-ring (bicyclic) bond motifs is 1. The van der Waals surface area contributed by atoms with Gasteiger partial charge in [-0.3, -0.25) is 0 Å². The highest BCUT2D eigenvalue weighted by molar-refractivity contribution is 7.18. The number of aromatic nitrogens is 3. The third-order valence-corrected chi connectivity index (χ3v) is 4.26. The van der Waals surface area contributed by atoms with Crippen LogP contribution in [0.4, 0.5) is 10.7 Å². The summed E-state index contributed by atoms with van der Waals surface area (Å²) in [5, 5.41) is 8.90. The molecule has 1 aliphatic rings. The van der Waals surface area contributed by atoms with E-state index in [9.17, 15) is 4.79 Å². The minimum Gasteiger partial charge on any atom is -0.465 e. The van der Waals surface area contributed by atoms with Crippen molar-refractivity contribution in [1.82, 2.24) is 14.8 Å². The zero-order valence-corrected chi connectivity index (χ0v) is 11.2. The van der Waals surface area contributed by atoms with Gasteiger partial charge in [0, 0.05) is 13.1 Å². The molecule has 0 saturated carbocycles. The zero-order valence-electron chi connectivity index (χ0n) is 10.4. The number of methoxy groups -OCH3 is 1. The smallest absolute Gasteiger partial charge is 0.350 e. The molecule has 0 bridgehead atoms. The van der Waals surface area contributed by atoms with Gasteiger partial charge in [0.2, 0.25) is 0 Å². The van der Waals surface area contributed by atoms with Crippen molar-refractivity contribution in [1.29, 1.82) is 0 Å². The average Bonchev–Trinajstić information content (AvgIpc) is 3.03. The molecule has 0 spiro atoms. The third kappa shape index (κ3) is 2.03. The Morgan fingerprint density at radius 2 is 2.37 bits per heavy atom. The van der Waals surface area contributed by atoms with E-state index in [2.05, 4.69) is 15.1 Å². The maximum absolute atomic E-state index is 11.6. The number of nitrogens with zero attached hydrogens (tertiary/aromatic N) is 4. The number of ether oxygens (including phenoxy) is 1. The number of nitrogen functional groups attached to an aromatic ring is 1. The van der Waals surface area contributed by atoms with Gasteiger partial charge in [-0.25, -0.2) is 4.79 Å². The number of esters is 1. The van der Waals surface area contributed by atoms with Crippen LogP contribution in [-0.2, 0) is 17.8 Å². The van der Waals surface area contributed by atoms with Crippen molar-refractivity contribution in [3.63, 3.8) is 0 Å². The van der Waals surface area contributed by atoms with Crippen molar-refractivity contribution in [3.8, 4) is 0 Å². The summed E-state index contributed by atoms with van der Waals surface area (Å²) in [6.07, 6.45) is 1.73. The number of hydrogen-bond donors (Lipinski definition) is 1. The third-order valence-electron chi connectivity index (χ3n) is 3.07. The van der Waals surface area contributed by atoms with E-state index in [1.807, 2.05) is 10.6 Å². The minimum atomic E-state index is -0.395. The zero-order chi connectivity index (χ0) is 13.4. The lowest BCUT2D eigenvalue weighted by atomic mass is 10.3. The van der Waals surface area contributed by atoms with E-state index < -0.39 is 5.97 Å². The second-order valence-electron chi connectivity index (χ2n) is 4.22. The SMILES string of the molecule is COC(=O)c1sc(N2CCn3cnnc3C2)cc1N. The van der Waals surface area contributed by atoms with E-state index in [0.717, 1.165) is 23.9 Å². The second-order valence-corrected chi connectivity index (χ2v) is 5.25. The van der Waals surface area contributed by atoms with Gasteiger partial charge in [0.15, 0.2) is 5.82 Å². The molecule has 3 heterocycles. The summed E-state index contributed by atoms with van der Waals surface area (Å²) in [6.45, 7) is 2.33. The fraction of sp³-hybridized carbons (Fsp3) is 0.364. The van der Waals surface area contributed by atoms with Crippen LogP contribution in [0.15, 0.2) is 12.4 Å². The normalized spacial score (nSPS) is 14.3. The molecule has 0 amide bonds. The topological polar surface area (TPSA) is 86.3 Å². The predicted octanol–water partition coefficient (Wildman–Crippen LogP) is 0.729. The van der Waals surface area contributed by atoms with Gasteiger partial charge in [0.1, 0.15) is 11.2 Å². The first-order valence-corrected chi connectivity index (χ1v) is 6.60. The maximum Gasteiger partial charge on any atom is 0.350 e. The van der Waals surface area contributed by atoms with Crippen LogP contribution in [0.5, 0.6) is 0 Å². The van der Waals surface area contributed by atoms with E-state index >= 15 is 0 Å². The van der Waals surface area contributed by atoms with Crippen LogP contribution >= 0.6 is 11.3 Å². The molecule has 2 N–H and O–H groups in total. The van der Waals surface area contributed by atoms with Gasteiger partial charge in [-0.15, -0.1) is 21.5 Å². The Hall–Kier alpha value is -2.09. The molecular weight excluding hydrogens is 266 g/mol. The fourth-order valence-corrected chi connectivity index (χ4v) is 3.08. The van der Waals surface area contributed by atoms with Gasteiger partial charge in [-0.1, -0.05) is 0 Å². The highest BCUT2D eigenvalue weighted by Gasteiger charge is 2.22. The molecule has 0 fully saturated rings. The molecule has 3 rings (SSSR count). The molecule has 0 aromatic carbocycles. The Bertz CT molecular complexity index is 620. The summed E-state index contributed by atoms with van der Waals surface area (Å²) < 4.78 is 6.73. The van der Waals surface area contributed by atoms with Gasteiger partial charge in [-0.05, 0) is 6.07 Å². The molecule has 100 valence electrons. The molecule has 0 radical (unpaired) electrons. The monoisotopic (exact) mass is 279 g/mol. The summed E-state index contributed by atoms with van der Waals surface area (Å²) in [5.74, 6) is 0.520. The maximum atomic E-state index is 11.6. The average molecular weight is 279 g/mol. The molecule has 7 nitrogen and oxygen atoms in total. The molecule has 1 aliphatic heterocycles. The first-order chi connectivity index (χ1) is 9.19. The van der Waals surface area contributed by atoms with Crippen LogP contribution in [0.2, 0.25) is 0 Å². The quantitative estimate of drug-likeness (QED) is 0.816. The van der Waals surface area contributed by atoms with Gasteiger partial charge in [0.25, 0.3) is 0 Å². The molecule has 2 aromatic heterocycles. The lowest BCUT2D eigenvalue weighted by Gasteiger charge is -2.27. The Morgan fingerprint density at radius 1 is 1.53 bits per heavy atom. The Kier molecular flexibility index (Phi) is 2.86. The van der Waals surface area contributed by atoms with E-state index in [4.69, 9.17) is 10.5 Å². The van der Waals surface area contributed by atoms with Gasteiger partial charge < -0.3 is 19.9 Å². The molecule has 2 aromatic rings. The first kappa shape index (κ1) is 12.0. The Balaban J connectivity index is 1.86. The fourth-order valence-electron chi connectivity index (χ4n) is 2.05. The number of anilines is 2. The Labute approximate surface area is 113 Å². The summed E-state index contributed by atoms with van der Waals surface area (Å²) in [6, 6.07) is 1.81. The van der Waals surface area contributed by atoms with Gasteiger partial charge in [0.05, 0.1) is 24.3 Å². The summed E-state index contributed by atoms with van der Waals surface area (Å²) in [4.78, 5) is 14.1. The summed E-state index contributed by atoms with van der Waals surface area (Å²) in [7, 11) is 1.35. The number of rotatable bonds is 2. The standard InChI is InChI=1S/C11H13N5O2S/c1-18-11(17)10-7(12)4-9(19-10)15-2-3-16-6-13-14-8(16)5-15/h4,6H,2-3,5,12H2,1H3. The molecule has 0 aliphatic carbocycles. The number of nitrogens with two attached hydrogens (primary N) is 1. The van der Waals surface area contributed by atoms with E-state index in [0.29, 0.717) is 17.1 Å². The van der Waals surface area contributed by atoms with Crippen LogP contribution in [0.1, 0.15) is 15.5 Å². The van der Waals surface area contributed by atoms with E-state index in [1.165, 1.54) is 18.4 Å². The van der Waals surface area contributed by atoms with E-state index in [1.54, 1.807) is 6.33 Å². The number of thiophene rings is 1. The van der Waals surface area contributed by atoms with Gasteiger partial charge >= 0.3 is 5.97 Å². The number of hydrogen-bond acceptors (Lipinski definition) is 7. The van der Waals surface area contributed by atoms with Crippen LogP contribution in [0, 0.1) is 0 Å². The van der Waals surface area contributed by atoms with Crippen molar-refractivity contribution in [2.45, 2.75) is 13.1 Å². The lowest BCUT2D eigenvalue weighted by molar-refractivity contribution is 0.0607. The molecule has 8 heteroatoms. The highest BCUT2D eigenvalue weighted by Crippen LogP contribution is 2.34. The molecule has 0 atom stereocenters. The minimum absolute atomic E-state index is 0.395. The molecular formula is C11H13N5O2S. The van der Waals surface area contributed by atoms with Crippen molar-refractivity contribution < 1.29 is 9.53 Å².